The highest BCUT2D eigenvalue weighted by molar-refractivity contribution is 7.89. The van der Waals surface area contributed by atoms with E-state index in [0.717, 1.165) is 0 Å². The Balaban J connectivity index is 1.64. The zero-order valence-electron chi connectivity index (χ0n) is 18.6. The lowest BCUT2D eigenvalue weighted by Crippen LogP contribution is -2.30. The van der Waals surface area contributed by atoms with Crippen molar-refractivity contribution in [1.29, 1.82) is 0 Å². The molecule has 2 amide bonds. The van der Waals surface area contributed by atoms with Crippen molar-refractivity contribution < 1.29 is 27.5 Å². The summed E-state index contributed by atoms with van der Waals surface area (Å²) in [6, 6.07) is 12.5. The highest BCUT2D eigenvalue weighted by atomic mass is 32.2. The van der Waals surface area contributed by atoms with Gasteiger partial charge in [0, 0.05) is 37.3 Å². The van der Waals surface area contributed by atoms with Gasteiger partial charge in [0.05, 0.1) is 10.8 Å². The second kappa shape index (κ2) is 10.1. The molecule has 1 aliphatic rings. The number of nitrogens with zero attached hydrogens (tertiary/aromatic N) is 2. The summed E-state index contributed by atoms with van der Waals surface area (Å²) in [5.74, 6) is -1.98. The Kier molecular flexibility index (Phi) is 7.50. The molecule has 3 rings (SSSR count). The van der Waals surface area contributed by atoms with E-state index in [2.05, 4.69) is 0 Å². The normalized spacial score (nSPS) is 16.3. The molecule has 1 atom stereocenters. The fraction of sp³-hybridized carbons (Fsp3) is 0.348. The lowest BCUT2D eigenvalue weighted by atomic mass is 10.1. The summed E-state index contributed by atoms with van der Waals surface area (Å²) in [6.07, 6.45) is -0.000341. The molecule has 2 aromatic rings. The molecule has 0 aliphatic carbocycles. The fourth-order valence-electron chi connectivity index (χ4n) is 3.71. The van der Waals surface area contributed by atoms with Crippen LogP contribution in [0.5, 0.6) is 0 Å². The molecular weight excluding hydrogens is 446 g/mol. The van der Waals surface area contributed by atoms with Crippen LogP contribution in [0.25, 0.3) is 0 Å². The van der Waals surface area contributed by atoms with Gasteiger partial charge in [0.25, 0.3) is 0 Å². The highest BCUT2D eigenvalue weighted by Gasteiger charge is 2.36. The van der Waals surface area contributed by atoms with Crippen LogP contribution in [0.2, 0.25) is 0 Å². The summed E-state index contributed by atoms with van der Waals surface area (Å²) in [7, 11) is -3.59. The topological polar surface area (TPSA) is 127 Å². The van der Waals surface area contributed by atoms with Crippen LogP contribution < -0.4 is 10.6 Å². The summed E-state index contributed by atoms with van der Waals surface area (Å²) in [4.78, 5) is 37.9. The molecule has 176 valence electrons. The molecule has 9 nitrogen and oxygen atoms in total. The molecule has 1 saturated heterocycles. The van der Waals surface area contributed by atoms with E-state index in [0.29, 0.717) is 29.9 Å². The van der Waals surface area contributed by atoms with Crippen LogP contribution in [-0.2, 0) is 31.0 Å². The number of carbonyl (C=O) groups excluding carboxylic acids is 3. The lowest BCUT2D eigenvalue weighted by molar-refractivity contribution is -0.149. The zero-order chi connectivity index (χ0) is 24.2. The van der Waals surface area contributed by atoms with E-state index in [9.17, 15) is 22.8 Å². The highest BCUT2D eigenvalue weighted by Crippen LogP contribution is 2.28. The molecule has 0 spiro atoms. The lowest BCUT2D eigenvalue weighted by Gasteiger charge is -2.20. The first-order valence-corrected chi connectivity index (χ1v) is 12.1. The van der Waals surface area contributed by atoms with Gasteiger partial charge < -0.3 is 15.4 Å². The fourth-order valence-corrected chi connectivity index (χ4v) is 5.17. The third-order valence-electron chi connectivity index (χ3n) is 5.54. The Morgan fingerprint density at radius 1 is 1.12 bits per heavy atom. The van der Waals surface area contributed by atoms with E-state index in [1.165, 1.54) is 21.3 Å². The van der Waals surface area contributed by atoms with Crippen molar-refractivity contribution in [3.63, 3.8) is 0 Å². The maximum Gasteiger partial charge on any atom is 0.311 e. The van der Waals surface area contributed by atoms with Crippen LogP contribution in [0.3, 0.4) is 0 Å². The number of benzene rings is 2. The summed E-state index contributed by atoms with van der Waals surface area (Å²) in [6.45, 7) is 4.37. The van der Waals surface area contributed by atoms with Crippen molar-refractivity contribution >= 4 is 33.5 Å². The predicted molar refractivity (Wildman–Crippen MR) is 122 cm³/mol. The number of sulfonamides is 1. The maximum absolute atomic E-state index is 12.6. The Labute approximate surface area is 193 Å². The minimum absolute atomic E-state index is 0.000341. The number of amides is 2. The Morgan fingerprint density at radius 2 is 1.79 bits per heavy atom. The van der Waals surface area contributed by atoms with Crippen LogP contribution >= 0.6 is 0 Å². The summed E-state index contributed by atoms with van der Waals surface area (Å²) in [5, 5.41) is 0. The Hall–Kier alpha value is -3.24. The number of rotatable bonds is 9. The molecule has 33 heavy (non-hydrogen) atoms. The largest absolute Gasteiger partial charge is 0.461 e. The monoisotopic (exact) mass is 473 g/mol. The number of nitrogens with two attached hydrogens (primary N) is 1. The summed E-state index contributed by atoms with van der Waals surface area (Å²) < 4.78 is 32.0. The molecule has 1 heterocycles. The first kappa shape index (κ1) is 24.4. The van der Waals surface area contributed by atoms with Crippen LogP contribution in [-0.4, -0.2) is 50.1 Å². The third-order valence-corrected chi connectivity index (χ3v) is 7.61. The van der Waals surface area contributed by atoms with E-state index in [4.69, 9.17) is 10.5 Å². The van der Waals surface area contributed by atoms with E-state index in [1.54, 1.807) is 50.2 Å². The smallest absolute Gasteiger partial charge is 0.311 e. The third kappa shape index (κ3) is 5.40. The molecule has 1 fully saturated rings. The number of carbonyl (C=O) groups is 3. The molecule has 0 saturated carbocycles. The molecule has 0 aromatic heterocycles. The molecule has 10 heteroatoms. The van der Waals surface area contributed by atoms with Gasteiger partial charge in [-0.05, 0) is 42.0 Å². The van der Waals surface area contributed by atoms with Gasteiger partial charge in [-0.15, -0.1) is 0 Å². The molecule has 1 unspecified atom stereocenters. The van der Waals surface area contributed by atoms with Gasteiger partial charge in [-0.2, -0.15) is 4.31 Å². The van der Waals surface area contributed by atoms with Crippen LogP contribution in [0.15, 0.2) is 53.4 Å². The second-order valence-electron chi connectivity index (χ2n) is 7.66. The summed E-state index contributed by atoms with van der Waals surface area (Å²) >= 11 is 0. The van der Waals surface area contributed by atoms with Crippen LogP contribution in [0.4, 0.5) is 5.69 Å². The number of ether oxygens (including phenoxy) is 1. The average Bonchev–Trinajstić information content (AvgIpc) is 3.20. The zero-order valence-corrected chi connectivity index (χ0v) is 19.4. The Bertz CT molecular complexity index is 1140. The van der Waals surface area contributed by atoms with Crippen molar-refractivity contribution in [2.24, 2.45) is 11.7 Å². The quantitative estimate of drug-likeness (QED) is 0.554. The van der Waals surface area contributed by atoms with Gasteiger partial charge in [-0.1, -0.05) is 26.0 Å². The number of anilines is 1. The SMILES string of the molecule is CCN(CC)S(=O)(=O)c1ccc(N2CC(C(=O)OCc3cccc(C(N)=O)c3)CC2=O)cc1. The van der Waals surface area contributed by atoms with E-state index < -0.39 is 27.8 Å². The van der Waals surface area contributed by atoms with Crippen molar-refractivity contribution in [2.75, 3.05) is 24.5 Å². The Morgan fingerprint density at radius 3 is 2.39 bits per heavy atom. The van der Waals surface area contributed by atoms with Crippen molar-refractivity contribution in [3.8, 4) is 0 Å². The number of primary amides is 1. The van der Waals surface area contributed by atoms with Gasteiger partial charge in [0.1, 0.15) is 6.61 Å². The first-order chi connectivity index (χ1) is 15.7. The summed E-state index contributed by atoms with van der Waals surface area (Å²) in [5.41, 5.74) is 6.71. The first-order valence-electron chi connectivity index (χ1n) is 10.6. The minimum atomic E-state index is -3.59. The van der Waals surface area contributed by atoms with E-state index in [-0.39, 0.29) is 30.4 Å². The van der Waals surface area contributed by atoms with E-state index in [1.807, 2.05) is 0 Å². The standard InChI is InChI=1S/C23H27N3O6S/c1-3-25(4-2)33(30,31)20-10-8-19(9-11-20)26-14-18(13-21(26)27)23(29)32-15-16-6-5-7-17(12-16)22(24)28/h5-12,18H,3-4,13-15H2,1-2H3,(H2,24,28). The minimum Gasteiger partial charge on any atom is -0.461 e. The number of hydrogen-bond acceptors (Lipinski definition) is 6. The van der Waals surface area contributed by atoms with Gasteiger partial charge in [0.15, 0.2) is 0 Å². The molecule has 1 aliphatic heterocycles. The van der Waals surface area contributed by atoms with Crippen molar-refractivity contribution in [2.45, 2.75) is 31.8 Å². The molecule has 2 aromatic carbocycles. The van der Waals surface area contributed by atoms with Gasteiger partial charge in [-0.25, -0.2) is 8.42 Å². The second-order valence-corrected chi connectivity index (χ2v) is 9.60. The average molecular weight is 474 g/mol. The van der Waals surface area contributed by atoms with E-state index >= 15 is 0 Å². The van der Waals surface area contributed by atoms with Crippen molar-refractivity contribution in [3.05, 3.63) is 59.7 Å². The van der Waals surface area contributed by atoms with Gasteiger partial charge in [-0.3, -0.25) is 14.4 Å². The number of hydrogen-bond donors (Lipinski definition) is 1. The number of esters is 1. The maximum atomic E-state index is 12.6. The molecular formula is C23H27N3O6S. The van der Waals surface area contributed by atoms with Gasteiger partial charge in [0.2, 0.25) is 21.8 Å². The predicted octanol–water partition coefficient (Wildman–Crippen LogP) is 1.91. The van der Waals surface area contributed by atoms with Crippen molar-refractivity contribution in [1.82, 2.24) is 4.31 Å². The molecule has 0 radical (unpaired) electrons. The van der Waals surface area contributed by atoms with Gasteiger partial charge >= 0.3 is 5.97 Å². The molecule has 0 bridgehead atoms. The van der Waals surface area contributed by atoms with Crippen LogP contribution in [0.1, 0.15) is 36.2 Å². The van der Waals surface area contributed by atoms with Crippen LogP contribution in [0, 0.1) is 5.92 Å². The molecule has 2 N–H and O–H groups in total.